The van der Waals surface area contributed by atoms with E-state index in [0.717, 1.165) is 27.1 Å². The van der Waals surface area contributed by atoms with E-state index < -0.39 is 6.15 Å². The zero-order valence-electron chi connectivity index (χ0n) is 24.7. The average Bonchev–Trinajstić information content (AvgIpc) is 3.04. The summed E-state index contributed by atoms with van der Waals surface area (Å²) in [6.45, 7) is 2.25. The Balaban J connectivity index is 0.000000237. The van der Waals surface area contributed by atoms with Crippen LogP contribution in [0.4, 0.5) is 0 Å². The summed E-state index contributed by atoms with van der Waals surface area (Å²) in [7, 11) is 1.70. The molecule has 0 saturated heterocycles. The lowest BCUT2D eigenvalue weighted by Gasteiger charge is -2.43. The Labute approximate surface area is 282 Å². The van der Waals surface area contributed by atoms with Gasteiger partial charge in [0, 0.05) is 15.1 Å². The first-order valence-electron chi connectivity index (χ1n) is 14.7. The molecule has 5 rings (SSSR count). The number of methoxy groups -OCH3 is 1. The normalized spacial score (nSPS) is 11.0. The summed E-state index contributed by atoms with van der Waals surface area (Å²) in [5.41, 5.74) is 3.89. The molecule has 222 valence electrons. The van der Waals surface area contributed by atoms with Crippen LogP contribution in [0.2, 0.25) is 21.4 Å². The van der Waals surface area contributed by atoms with Crippen LogP contribution in [0, 0.1) is 7.14 Å². The van der Waals surface area contributed by atoms with Gasteiger partial charge < -0.3 is 4.74 Å². The van der Waals surface area contributed by atoms with Crippen LogP contribution in [0.3, 0.4) is 0 Å². The van der Waals surface area contributed by atoms with Crippen LogP contribution in [0.5, 0.6) is 5.75 Å². The van der Waals surface area contributed by atoms with Crippen molar-refractivity contribution in [2.24, 2.45) is 0 Å². The van der Waals surface area contributed by atoms with E-state index in [4.69, 9.17) is 39.5 Å². The third-order valence-corrected chi connectivity index (χ3v) is 11.2. The molecule has 1 nitrogen and oxygen atoms in total. The molecule has 0 amide bonds. The number of hydrogen-bond acceptors (Lipinski definition) is 1. The van der Waals surface area contributed by atoms with Gasteiger partial charge in [-0.05, 0) is 72.8 Å². The molecule has 0 atom stereocenters. The zero-order valence-corrected chi connectivity index (χ0v) is 29.1. The quantitative estimate of drug-likeness (QED) is 0.0852. The lowest BCUT2D eigenvalue weighted by atomic mass is 9.14. The van der Waals surface area contributed by atoms with Gasteiger partial charge in [0.2, 0.25) is 0 Å². The highest BCUT2D eigenvalue weighted by Crippen LogP contribution is 2.21. The first-order valence-corrected chi connectivity index (χ1v) is 18.0. The second-order valence-corrected chi connectivity index (χ2v) is 14.9. The minimum atomic E-state index is -1.15. The second-order valence-electron chi connectivity index (χ2n) is 10.6. The number of unbranched alkanes of at least 4 members (excludes halogenated alkanes) is 3. The molecule has 0 aromatic heterocycles. The summed E-state index contributed by atoms with van der Waals surface area (Å²) in [6.07, 6.45) is 4.81. The van der Waals surface area contributed by atoms with Gasteiger partial charge >= 0.3 is 21.2 Å². The molecule has 0 fully saturated rings. The van der Waals surface area contributed by atoms with E-state index in [9.17, 15) is 0 Å². The Morgan fingerprint density at radius 2 is 0.977 bits per heavy atom. The highest BCUT2D eigenvalue weighted by molar-refractivity contribution is 7.11. The van der Waals surface area contributed by atoms with Crippen molar-refractivity contribution in [1.82, 2.24) is 0 Å². The molecule has 0 aliphatic carbocycles. The van der Waals surface area contributed by atoms with Crippen molar-refractivity contribution >= 4 is 57.3 Å². The predicted molar refractivity (Wildman–Crippen MR) is 185 cm³/mol. The van der Waals surface area contributed by atoms with E-state index in [1.807, 2.05) is 48.5 Å². The smallest absolute Gasteiger partial charge is 0.357 e. The Hall–Kier alpha value is -2.44. The monoisotopic (exact) mass is 740 g/mol. The van der Waals surface area contributed by atoms with Crippen molar-refractivity contribution in [1.29, 1.82) is 0 Å². The molecule has 0 unspecified atom stereocenters. The van der Waals surface area contributed by atoms with E-state index >= 15 is 0 Å². The van der Waals surface area contributed by atoms with E-state index in [-0.39, 0.29) is 21.2 Å². The van der Waals surface area contributed by atoms with Gasteiger partial charge in [0.05, 0.1) is 13.3 Å². The minimum absolute atomic E-state index is 0.0449. The van der Waals surface area contributed by atoms with Gasteiger partial charge in [-0.2, -0.15) is 22.7 Å². The van der Waals surface area contributed by atoms with Crippen molar-refractivity contribution in [3.63, 3.8) is 0 Å². The highest BCUT2D eigenvalue weighted by atomic mass is 127. The number of benzene rings is 5. The molecule has 0 spiro atoms. The third kappa shape index (κ3) is 9.52. The summed E-state index contributed by atoms with van der Waals surface area (Å²) < 4.78 is 7.99. The number of ether oxygens (including phenoxy) is 1. The van der Waals surface area contributed by atoms with Crippen LogP contribution in [0.15, 0.2) is 127 Å². The molecule has 0 heterocycles. The Kier molecular flexibility index (Phi) is 13.3. The van der Waals surface area contributed by atoms with E-state index in [0.29, 0.717) is 0 Å². The van der Waals surface area contributed by atoms with Gasteiger partial charge in [-0.25, -0.2) is 0 Å². The largest absolute Gasteiger partial charge is 0.497 e. The molecule has 43 heavy (non-hydrogen) atoms. The van der Waals surface area contributed by atoms with Gasteiger partial charge in [-0.1, -0.05) is 122 Å². The molecule has 0 saturated carbocycles. The molecule has 5 aromatic rings. The van der Waals surface area contributed by atoms with Crippen molar-refractivity contribution < 1.29 is 25.9 Å². The fourth-order valence-electron chi connectivity index (χ4n) is 5.57. The van der Waals surface area contributed by atoms with Gasteiger partial charge in [0.1, 0.15) is 5.75 Å². The van der Waals surface area contributed by atoms with Gasteiger partial charge in [0.25, 0.3) is 0 Å². The minimum Gasteiger partial charge on any atom is -0.497 e. The third-order valence-electron chi connectivity index (χ3n) is 7.81. The second kappa shape index (κ2) is 17.2. The van der Waals surface area contributed by atoms with Crippen LogP contribution < -0.4 is 42.3 Å². The molecule has 0 N–H and O–H groups in total. The topological polar surface area (TPSA) is 9.23 Å². The predicted octanol–water partition coefficient (Wildman–Crippen LogP) is 6.52. The van der Waals surface area contributed by atoms with Crippen LogP contribution in [-0.4, -0.2) is 13.3 Å². The fourth-order valence-corrected chi connectivity index (χ4v) is 8.16. The molecule has 6 heteroatoms. The molecule has 0 bridgehead atoms. The van der Waals surface area contributed by atoms with Crippen molar-refractivity contribution in [2.75, 3.05) is 7.11 Å². The maximum absolute atomic E-state index is 6.21. The Morgan fingerprint density at radius 3 is 1.40 bits per heavy atom. The number of halogens is 4. The summed E-state index contributed by atoms with van der Waals surface area (Å²) in [4.78, 5) is 0. The van der Waals surface area contributed by atoms with Crippen LogP contribution in [0.1, 0.15) is 32.6 Å². The SMILES string of the molecule is CCCCCC[B-](c1ccc(Cl)cc1)(c1ccc(Cl)cc1)c1ccc(Cl)cc1.COc1ccc([I+]c2ccccc2)cc1. The van der Waals surface area contributed by atoms with Crippen LogP contribution >= 0.6 is 34.8 Å². The summed E-state index contributed by atoms with van der Waals surface area (Å²) in [5.74, 6) is 0.927. The maximum Gasteiger partial charge on any atom is 0.357 e. The fraction of sp³-hybridized carbons (Fsp3) is 0.189. The summed E-state index contributed by atoms with van der Waals surface area (Å²) in [6, 6.07) is 44.0. The molecular formula is C37H37BCl3IO. The van der Waals surface area contributed by atoms with E-state index in [1.165, 1.54) is 49.2 Å². The van der Waals surface area contributed by atoms with Gasteiger partial charge in [-0.3, -0.25) is 0 Å². The first kappa shape index (κ1) is 33.5. The highest BCUT2D eigenvalue weighted by Gasteiger charge is 2.29. The van der Waals surface area contributed by atoms with E-state index in [1.54, 1.807) is 7.11 Å². The average molecular weight is 742 g/mol. The lowest BCUT2D eigenvalue weighted by Crippen LogP contribution is -3.61. The van der Waals surface area contributed by atoms with Crippen molar-refractivity contribution in [2.45, 2.75) is 38.9 Å². The van der Waals surface area contributed by atoms with E-state index in [2.05, 4.69) is 85.8 Å². The van der Waals surface area contributed by atoms with Crippen LogP contribution in [0.25, 0.3) is 0 Å². The number of hydrogen-bond donors (Lipinski definition) is 0. The Morgan fingerprint density at radius 1 is 0.535 bits per heavy atom. The standard InChI is InChI=1S/C24H25BCl3.C13H12IO/c1-2-3-4-5-18-25(19-6-12-22(26)13-7-19,20-8-14-23(27)15-9-20)21-10-16-24(28)17-11-21;1-15-13-9-7-12(8-10-13)14-11-5-3-2-4-6-11/h6-17H,2-5,18H2,1H3;2-10H,1H3/q-1;+1. The molecule has 0 aliphatic heterocycles. The number of rotatable bonds is 11. The van der Waals surface area contributed by atoms with Gasteiger partial charge in [-0.15, -0.1) is 0 Å². The van der Waals surface area contributed by atoms with Gasteiger partial charge in [0.15, 0.2) is 7.14 Å². The first-order chi connectivity index (χ1) is 20.9. The molecule has 0 aliphatic rings. The molecular weight excluding hydrogens is 704 g/mol. The zero-order chi connectivity index (χ0) is 30.5. The van der Waals surface area contributed by atoms with Crippen molar-refractivity contribution in [3.05, 3.63) is 150 Å². The summed E-state index contributed by atoms with van der Waals surface area (Å²) in [5, 5.41) is 2.27. The Bertz CT molecular complexity index is 1400. The molecule has 5 aromatic carbocycles. The molecule has 0 radical (unpaired) electrons. The lowest BCUT2D eigenvalue weighted by molar-refractivity contribution is -0.597. The maximum atomic E-state index is 6.21. The van der Waals surface area contributed by atoms with Crippen LogP contribution in [-0.2, 0) is 0 Å². The summed E-state index contributed by atoms with van der Waals surface area (Å²) >= 11 is 18.6. The van der Waals surface area contributed by atoms with Crippen molar-refractivity contribution in [3.8, 4) is 5.75 Å².